The average Bonchev–Trinajstić information content (AvgIpc) is 2.41. The third-order valence-electron chi connectivity index (χ3n) is 2.32. The molecule has 0 radical (unpaired) electrons. The standard InChI is InChI=1S/C11H19NS/c1-4-5-6-7-8-11-12-9(2)10(3)13-11/h4-8H2,1-3H3. The lowest BCUT2D eigenvalue weighted by atomic mass is 10.2. The summed E-state index contributed by atoms with van der Waals surface area (Å²) in [5, 5.41) is 1.33. The van der Waals surface area contributed by atoms with Crippen molar-refractivity contribution >= 4 is 11.3 Å². The first-order valence-corrected chi connectivity index (χ1v) is 5.98. The van der Waals surface area contributed by atoms with Crippen molar-refractivity contribution in [1.29, 1.82) is 0 Å². The number of hydrogen-bond acceptors (Lipinski definition) is 2. The van der Waals surface area contributed by atoms with Crippen LogP contribution in [0.2, 0.25) is 0 Å². The molecule has 0 bridgehead atoms. The van der Waals surface area contributed by atoms with E-state index in [1.807, 2.05) is 11.3 Å². The summed E-state index contributed by atoms with van der Waals surface area (Å²) in [6.45, 7) is 6.50. The molecule has 1 aromatic rings. The molecule has 0 aliphatic rings. The molecule has 0 unspecified atom stereocenters. The predicted molar refractivity (Wildman–Crippen MR) is 59.4 cm³/mol. The van der Waals surface area contributed by atoms with E-state index >= 15 is 0 Å². The summed E-state index contributed by atoms with van der Waals surface area (Å²) in [4.78, 5) is 5.91. The zero-order valence-electron chi connectivity index (χ0n) is 8.89. The number of aryl methyl sites for hydroxylation is 3. The molecule has 0 saturated heterocycles. The molecule has 13 heavy (non-hydrogen) atoms. The quantitative estimate of drug-likeness (QED) is 0.653. The van der Waals surface area contributed by atoms with Crippen molar-refractivity contribution < 1.29 is 0 Å². The molecule has 0 N–H and O–H groups in total. The fourth-order valence-corrected chi connectivity index (χ4v) is 2.32. The molecule has 0 aliphatic carbocycles. The molecule has 1 heterocycles. The Balaban J connectivity index is 2.29. The van der Waals surface area contributed by atoms with Gasteiger partial charge in [-0.05, 0) is 26.7 Å². The third-order valence-corrected chi connectivity index (χ3v) is 3.45. The zero-order valence-corrected chi connectivity index (χ0v) is 9.71. The van der Waals surface area contributed by atoms with Crippen molar-refractivity contribution in [2.45, 2.75) is 52.9 Å². The summed E-state index contributed by atoms with van der Waals surface area (Å²) in [5.41, 5.74) is 1.22. The van der Waals surface area contributed by atoms with Gasteiger partial charge in [0.25, 0.3) is 0 Å². The Labute approximate surface area is 85.2 Å². The minimum absolute atomic E-state index is 1.18. The van der Waals surface area contributed by atoms with E-state index in [-0.39, 0.29) is 0 Å². The van der Waals surface area contributed by atoms with E-state index in [0.717, 1.165) is 0 Å². The Kier molecular flexibility index (Phi) is 4.43. The van der Waals surface area contributed by atoms with Gasteiger partial charge in [0.1, 0.15) is 0 Å². The maximum absolute atomic E-state index is 4.53. The van der Waals surface area contributed by atoms with Gasteiger partial charge in [0.2, 0.25) is 0 Å². The summed E-state index contributed by atoms with van der Waals surface area (Å²) >= 11 is 1.86. The van der Waals surface area contributed by atoms with Crippen LogP contribution in [0.15, 0.2) is 0 Å². The summed E-state index contributed by atoms with van der Waals surface area (Å²) in [6, 6.07) is 0. The van der Waals surface area contributed by atoms with Crippen molar-refractivity contribution in [3.8, 4) is 0 Å². The van der Waals surface area contributed by atoms with Gasteiger partial charge in [-0.3, -0.25) is 0 Å². The maximum atomic E-state index is 4.53. The van der Waals surface area contributed by atoms with Crippen LogP contribution in [0.4, 0.5) is 0 Å². The van der Waals surface area contributed by atoms with Crippen LogP contribution in [0.5, 0.6) is 0 Å². The highest BCUT2D eigenvalue weighted by Crippen LogP contribution is 2.18. The maximum Gasteiger partial charge on any atom is 0.0930 e. The fraction of sp³-hybridized carbons (Fsp3) is 0.727. The van der Waals surface area contributed by atoms with E-state index in [1.165, 1.54) is 47.7 Å². The largest absolute Gasteiger partial charge is 0.246 e. The number of thiazole rings is 1. The number of rotatable bonds is 5. The van der Waals surface area contributed by atoms with Crippen molar-refractivity contribution in [2.24, 2.45) is 0 Å². The molecule has 74 valence electrons. The van der Waals surface area contributed by atoms with Gasteiger partial charge in [-0.2, -0.15) is 0 Å². The number of hydrogen-bond donors (Lipinski definition) is 0. The molecule has 1 nitrogen and oxygen atoms in total. The van der Waals surface area contributed by atoms with Gasteiger partial charge in [0, 0.05) is 4.88 Å². The monoisotopic (exact) mass is 197 g/mol. The summed E-state index contributed by atoms with van der Waals surface area (Å²) in [6.07, 6.45) is 6.52. The lowest BCUT2D eigenvalue weighted by Gasteiger charge is -1.95. The van der Waals surface area contributed by atoms with Crippen LogP contribution < -0.4 is 0 Å². The van der Waals surface area contributed by atoms with Crippen LogP contribution >= 0.6 is 11.3 Å². The molecule has 1 rings (SSSR count). The van der Waals surface area contributed by atoms with Crippen LogP contribution in [-0.4, -0.2) is 4.98 Å². The normalized spacial score (nSPS) is 10.7. The SMILES string of the molecule is CCCCCCc1nc(C)c(C)s1. The molecule has 0 aliphatic heterocycles. The molecular weight excluding hydrogens is 178 g/mol. The lowest BCUT2D eigenvalue weighted by Crippen LogP contribution is -1.84. The van der Waals surface area contributed by atoms with Crippen molar-refractivity contribution in [3.63, 3.8) is 0 Å². The van der Waals surface area contributed by atoms with E-state index in [9.17, 15) is 0 Å². The first-order valence-electron chi connectivity index (χ1n) is 5.17. The molecular formula is C11H19NS. The van der Waals surface area contributed by atoms with Gasteiger partial charge in [-0.25, -0.2) is 4.98 Å². The van der Waals surface area contributed by atoms with E-state index in [1.54, 1.807) is 0 Å². The summed E-state index contributed by atoms with van der Waals surface area (Å²) in [5.74, 6) is 0. The highest BCUT2D eigenvalue weighted by atomic mass is 32.1. The number of nitrogens with zero attached hydrogens (tertiary/aromatic N) is 1. The zero-order chi connectivity index (χ0) is 9.68. The molecule has 0 aromatic carbocycles. The Hall–Kier alpha value is -0.370. The summed E-state index contributed by atoms with van der Waals surface area (Å²) < 4.78 is 0. The molecule has 2 heteroatoms. The fourth-order valence-electron chi connectivity index (χ4n) is 1.35. The smallest absolute Gasteiger partial charge is 0.0930 e. The Morgan fingerprint density at radius 3 is 2.46 bits per heavy atom. The highest BCUT2D eigenvalue weighted by molar-refractivity contribution is 7.11. The number of unbranched alkanes of at least 4 members (excludes halogenated alkanes) is 3. The van der Waals surface area contributed by atoms with E-state index < -0.39 is 0 Å². The number of aromatic nitrogens is 1. The first kappa shape index (κ1) is 10.7. The second kappa shape index (κ2) is 5.38. The topological polar surface area (TPSA) is 12.9 Å². The molecule has 1 aromatic heterocycles. The van der Waals surface area contributed by atoms with Crippen LogP contribution in [0.1, 0.15) is 48.2 Å². The molecule has 0 saturated carbocycles. The predicted octanol–water partition coefficient (Wildman–Crippen LogP) is 3.88. The Morgan fingerprint density at radius 1 is 1.15 bits per heavy atom. The van der Waals surface area contributed by atoms with E-state index in [2.05, 4.69) is 25.8 Å². The van der Waals surface area contributed by atoms with Crippen LogP contribution in [0.3, 0.4) is 0 Å². The van der Waals surface area contributed by atoms with E-state index in [0.29, 0.717) is 0 Å². The van der Waals surface area contributed by atoms with Gasteiger partial charge < -0.3 is 0 Å². The Morgan fingerprint density at radius 2 is 1.92 bits per heavy atom. The van der Waals surface area contributed by atoms with Crippen molar-refractivity contribution in [2.75, 3.05) is 0 Å². The van der Waals surface area contributed by atoms with Gasteiger partial charge >= 0.3 is 0 Å². The second-order valence-corrected chi connectivity index (χ2v) is 4.85. The van der Waals surface area contributed by atoms with Gasteiger partial charge in [-0.1, -0.05) is 26.2 Å². The lowest BCUT2D eigenvalue weighted by molar-refractivity contribution is 0.665. The Bertz CT molecular complexity index is 233. The van der Waals surface area contributed by atoms with Crippen LogP contribution in [0.25, 0.3) is 0 Å². The van der Waals surface area contributed by atoms with Crippen molar-refractivity contribution in [1.82, 2.24) is 4.98 Å². The van der Waals surface area contributed by atoms with Crippen LogP contribution in [0, 0.1) is 13.8 Å². The minimum Gasteiger partial charge on any atom is -0.246 e. The first-order chi connectivity index (χ1) is 6.24. The second-order valence-electron chi connectivity index (χ2n) is 3.56. The minimum atomic E-state index is 1.18. The van der Waals surface area contributed by atoms with E-state index in [4.69, 9.17) is 0 Å². The van der Waals surface area contributed by atoms with Gasteiger partial charge in [0.05, 0.1) is 10.7 Å². The molecule has 0 fully saturated rings. The molecule has 0 atom stereocenters. The van der Waals surface area contributed by atoms with Crippen LogP contribution in [-0.2, 0) is 6.42 Å². The van der Waals surface area contributed by atoms with Crippen molar-refractivity contribution in [3.05, 3.63) is 15.6 Å². The average molecular weight is 197 g/mol. The highest BCUT2D eigenvalue weighted by Gasteiger charge is 2.02. The molecule has 0 amide bonds. The third kappa shape index (κ3) is 3.47. The van der Waals surface area contributed by atoms with Gasteiger partial charge in [-0.15, -0.1) is 11.3 Å². The molecule has 0 spiro atoms. The summed E-state index contributed by atoms with van der Waals surface area (Å²) in [7, 11) is 0. The van der Waals surface area contributed by atoms with Gasteiger partial charge in [0.15, 0.2) is 0 Å².